The van der Waals surface area contributed by atoms with Crippen molar-refractivity contribution in [1.82, 2.24) is 4.98 Å². The summed E-state index contributed by atoms with van der Waals surface area (Å²) in [4.78, 5) is 25.8. The summed E-state index contributed by atoms with van der Waals surface area (Å²) in [5.74, 6) is -0.698. The number of H-pyrrole nitrogens is 1. The molecule has 1 aromatic heterocycles. The summed E-state index contributed by atoms with van der Waals surface area (Å²) >= 11 is 0. The van der Waals surface area contributed by atoms with Crippen LogP contribution in [-0.4, -0.2) is 23.3 Å². The fraction of sp³-hybridized carbons (Fsp3) is 0.500. The average Bonchev–Trinajstić information content (AvgIpc) is 2.81. The van der Waals surface area contributed by atoms with E-state index >= 15 is 0 Å². The van der Waals surface area contributed by atoms with Crippen molar-refractivity contribution in [1.29, 1.82) is 0 Å². The summed E-state index contributed by atoms with van der Waals surface area (Å²) in [6.45, 7) is 4.16. The van der Waals surface area contributed by atoms with Crippen LogP contribution >= 0.6 is 0 Å². The normalized spacial score (nSPS) is 11.3. The number of carbonyl (C=O) groups is 2. The number of nitrogens with two attached hydrogens (primary N) is 2. The van der Waals surface area contributed by atoms with E-state index in [-0.39, 0.29) is 11.6 Å². The summed E-state index contributed by atoms with van der Waals surface area (Å²) in [7, 11) is 0. The molecule has 1 aromatic rings. The van der Waals surface area contributed by atoms with E-state index in [0.717, 1.165) is 0 Å². The highest BCUT2D eigenvalue weighted by molar-refractivity contribution is 5.97. The topological polar surface area (TPSA) is 114 Å². The first-order valence-electron chi connectivity index (χ1n) is 5.98. The van der Waals surface area contributed by atoms with E-state index in [0.29, 0.717) is 25.1 Å². The number of rotatable bonds is 6. The minimum atomic E-state index is -0.565. The van der Waals surface area contributed by atoms with Crippen molar-refractivity contribution in [3.63, 3.8) is 0 Å². The van der Waals surface area contributed by atoms with Gasteiger partial charge in [-0.25, -0.2) is 0 Å². The molecule has 0 saturated carbocycles. The van der Waals surface area contributed by atoms with Gasteiger partial charge in [0.2, 0.25) is 5.91 Å². The molecular weight excluding hydrogens is 232 g/mol. The number of amides is 2. The second-order valence-electron chi connectivity index (χ2n) is 4.31. The second kappa shape index (κ2) is 5.68. The molecule has 0 aliphatic carbocycles. The van der Waals surface area contributed by atoms with Crippen LogP contribution in [-0.2, 0) is 4.79 Å². The monoisotopic (exact) mass is 252 g/mol. The van der Waals surface area contributed by atoms with Gasteiger partial charge in [-0.3, -0.25) is 9.59 Å². The predicted molar refractivity (Wildman–Crippen MR) is 70.0 cm³/mol. The number of aromatic nitrogens is 1. The lowest BCUT2D eigenvalue weighted by atomic mass is 9.81. The molecule has 0 saturated heterocycles. The minimum Gasteiger partial charge on any atom is -0.364 e. The second-order valence-corrected chi connectivity index (χ2v) is 4.31. The Morgan fingerprint density at radius 2 is 2.00 bits per heavy atom. The third-order valence-corrected chi connectivity index (χ3v) is 3.43. The number of anilines is 1. The smallest absolute Gasteiger partial charge is 0.265 e. The Labute approximate surface area is 106 Å². The lowest BCUT2D eigenvalue weighted by molar-refractivity contribution is -0.125. The van der Waals surface area contributed by atoms with Crippen LogP contribution in [0.2, 0.25) is 0 Å². The lowest BCUT2D eigenvalue weighted by Gasteiger charge is -2.28. The Morgan fingerprint density at radius 1 is 1.39 bits per heavy atom. The predicted octanol–water partition coefficient (Wildman–Crippen LogP) is 0.817. The van der Waals surface area contributed by atoms with E-state index in [9.17, 15) is 9.59 Å². The Bertz CT molecular complexity index is 427. The Balaban J connectivity index is 2.82. The molecule has 6 heteroatoms. The zero-order valence-electron chi connectivity index (χ0n) is 10.7. The molecule has 0 unspecified atom stereocenters. The zero-order valence-corrected chi connectivity index (χ0v) is 10.7. The van der Waals surface area contributed by atoms with Crippen LogP contribution in [0.5, 0.6) is 0 Å². The molecule has 0 spiro atoms. The SMILES string of the molecule is CCC(CC)(CN)C(=O)Nc1c[nH]c(C(N)=O)c1. The number of carbonyl (C=O) groups excluding carboxylic acids is 2. The van der Waals surface area contributed by atoms with Crippen molar-refractivity contribution >= 4 is 17.5 Å². The molecular formula is C12H20N4O2. The molecule has 2 amide bonds. The molecule has 6 nitrogen and oxygen atoms in total. The molecule has 100 valence electrons. The summed E-state index contributed by atoms with van der Waals surface area (Å²) in [5, 5.41) is 2.75. The lowest BCUT2D eigenvalue weighted by Crippen LogP contribution is -2.41. The van der Waals surface area contributed by atoms with Gasteiger partial charge in [-0.05, 0) is 18.9 Å². The Morgan fingerprint density at radius 3 is 2.39 bits per heavy atom. The van der Waals surface area contributed by atoms with Gasteiger partial charge in [0.05, 0.1) is 11.1 Å². The summed E-state index contributed by atoms with van der Waals surface area (Å²) < 4.78 is 0. The highest BCUT2D eigenvalue weighted by Gasteiger charge is 2.33. The van der Waals surface area contributed by atoms with Gasteiger partial charge in [-0.1, -0.05) is 13.8 Å². The van der Waals surface area contributed by atoms with Crippen LogP contribution in [0.15, 0.2) is 12.3 Å². The van der Waals surface area contributed by atoms with Crippen LogP contribution in [0.3, 0.4) is 0 Å². The molecule has 0 radical (unpaired) electrons. The van der Waals surface area contributed by atoms with Crippen molar-refractivity contribution in [2.75, 3.05) is 11.9 Å². The fourth-order valence-electron chi connectivity index (χ4n) is 1.82. The van der Waals surface area contributed by atoms with Crippen molar-refractivity contribution in [2.45, 2.75) is 26.7 Å². The van der Waals surface area contributed by atoms with Crippen molar-refractivity contribution in [3.05, 3.63) is 18.0 Å². The number of hydrogen-bond acceptors (Lipinski definition) is 3. The van der Waals surface area contributed by atoms with Gasteiger partial charge in [0.1, 0.15) is 5.69 Å². The van der Waals surface area contributed by atoms with Gasteiger partial charge >= 0.3 is 0 Å². The van der Waals surface area contributed by atoms with Gasteiger partial charge in [0.25, 0.3) is 5.91 Å². The molecule has 6 N–H and O–H groups in total. The molecule has 0 fully saturated rings. The number of nitrogens with one attached hydrogen (secondary N) is 2. The first-order valence-corrected chi connectivity index (χ1v) is 5.98. The first-order chi connectivity index (χ1) is 8.49. The van der Waals surface area contributed by atoms with Gasteiger partial charge in [-0.2, -0.15) is 0 Å². The first kappa shape index (κ1) is 14.2. The third-order valence-electron chi connectivity index (χ3n) is 3.43. The maximum Gasteiger partial charge on any atom is 0.265 e. The number of aromatic amines is 1. The summed E-state index contributed by atoms with van der Waals surface area (Å²) in [6.07, 6.45) is 2.86. The van der Waals surface area contributed by atoms with E-state index in [2.05, 4.69) is 10.3 Å². The average molecular weight is 252 g/mol. The molecule has 0 aromatic carbocycles. The van der Waals surface area contributed by atoms with Crippen LogP contribution < -0.4 is 16.8 Å². The number of hydrogen-bond donors (Lipinski definition) is 4. The molecule has 0 aliphatic heterocycles. The fourth-order valence-corrected chi connectivity index (χ4v) is 1.82. The molecule has 1 heterocycles. The largest absolute Gasteiger partial charge is 0.364 e. The Kier molecular flexibility index (Phi) is 4.49. The van der Waals surface area contributed by atoms with E-state index in [1.54, 1.807) is 0 Å². The van der Waals surface area contributed by atoms with Crippen LogP contribution in [0, 0.1) is 5.41 Å². The maximum absolute atomic E-state index is 12.2. The number of primary amides is 1. The molecule has 0 bridgehead atoms. The summed E-state index contributed by atoms with van der Waals surface area (Å²) in [6, 6.07) is 1.51. The van der Waals surface area contributed by atoms with Crippen molar-refractivity contribution < 1.29 is 9.59 Å². The van der Waals surface area contributed by atoms with Crippen LogP contribution in [0.4, 0.5) is 5.69 Å². The molecule has 18 heavy (non-hydrogen) atoms. The summed E-state index contributed by atoms with van der Waals surface area (Å²) in [5.41, 5.74) is 11.0. The van der Waals surface area contributed by atoms with Gasteiger partial charge in [-0.15, -0.1) is 0 Å². The Hall–Kier alpha value is -1.82. The van der Waals surface area contributed by atoms with Gasteiger partial charge < -0.3 is 21.8 Å². The van der Waals surface area contributed by atoms with Crippen LogP contribution in [0.25, 0.3) is 0 Å². The molecule has 1 rings (SSSR count). The van der Waals surface area contributed by atoms with E-state index in [4.69, 9.17) is 11.5 Å². The minimum absolute atomic E-state index is 0.134. The van der Waals surface area contributed by atoms with Crippen LogP contribution in [0.1, 0.15) is 37.2 Å². The zero-order chi connectivity index (χ0) is 13.8. The standard InChI is InChI=1S/C12H20N4O2/c1-3-12(4-2,7-13)11(18)16-8-5-9(10(14)17)15-6-8/h5-6,15H,3-4,7,13H2,1-2H3,(H2,14,17)(H,16,18). The van der Waals surface area contributed by atoms with Gasteiger partial charge in [0.15, 0.2) is 0 Å². The van der Waals surface area contributed by atoms with Crippen molar-refractivity contribution in [2.24, 2.45) is 16.9 Å². The van der Waals surface area contributed by atoms with E-state index in [1.807, 2.05) is 13.8 Å². The highest BCUT2D eigenvalue weighted by atomic mass is 16.2. The highest BCUT2D eigenvalue weighted by Crippen LogP contribution is 2.27. The third kappa shape index (κ3) is 2.70. The molecule has 0 aliphatic rings. The van der Waals surface area contributed by atoms with E-state index < -0.39 is 11.3 Å². The van der Waals surface area contributed by atoms with Gasteiger partial charge in [0, 0.05) is 12.7 Å². The van der Waals surface area contributed by atoms with Crippen molar-refractivity contribution in [3.8, 4) is 0 Å². The maximum atomic E-state index is 12.2. The quantitative estimate of drug-likeness (QED) is 0.600. The molecule has 0 atom stereocenters. The van der Waals surface area contributed by atoms with E-state index in [1.165, 1.54) is 12.3 Å².